The topological polar surface area (TPSA) is 55.8 Å². The van der Waals surface area contributed by atoms with Crippen LogP contribution in [-0.4, -0.2) is 29.9 Å². The van der Waals surface area contributed by atoms with Gasteiger partial charge in [-0.25, -0.2) is 4.79 Å². The number of carboxylic acid groups (broad SMARTS) is 1. The highest BCUT2D eigenvalue weighted by atomic mass is 35.5. The van der Waals surface area contributed by atoms with Crippen molar-refractivity contribution in [1.82, 2.24) is 0 Å². The van der Waals surface area contributed by atoms with Crippen LogP contribution in [0.25, 0.3) is 0 Å². The summed E-state index contributed by atoms with van der Waals surface area (Å²) in [5.74, 6) is -0.984. The maximum Gasteiger partial charge on any atom is 0.339 e. The van der Waals surface area contributed by atoms with Crippen molar-refractivity contribution in [2.24, 2.45) is 0 Å². The van der Waals surface area contributed by atoms with Crippen molar-refractivity contribution in [1.29, 1.82) is 0 Å². The lowest BCUT2D eigenvalue weighted by atomic mass is 10.2. The molecule has 0 aromatic heterocycles. The van der Waals surface area contributed by atoms with Gasteiger partial charge >= 0.3 is 5.97 Å². The van der Waals surface area contributed by atoms with E-state index in [4.69, 9.17) is 37.8 Å². The summed E-state index contributed by atoms with van der Waals surface area (Å²) in [5.41, 5.74) is -0.0384. The number of carbonyl (C=O) groups is 1. The maximum absolute atomic E-state index is 11.1. The number of hydrogen-bond acceptors (Lipinski definition) is 3. The Hall–Kier alpha value is -0.970. The van der Waals surface area contributed by atoms with Crippen LogP contribution in [0.15, 0.2) is 12.1 Å². The highest BCUT2D eigenvalue weighted by molar-refractivity contribution is 6.36. The molecule has 1 aliphatic heterocycles. The second kappa shape index (κ2) is 5.99. The van der Waals surface area contributed by atoms with Gasteiger partial charge in [0.05, 0.1) is 17.2 Å². The van der Waals surface area contributed by atoms with E-state index in [9.17, 15) is 4.79 Å². The molecule has 0 radical (unpaired) electrons. The van der Waals surface area contributed by atoms with Crippen molar-refractivity contribution in [3.63, 3.8) is 0 Å². The Kier molecular flexibility index (Phi) is 4.55. The van der Waals surface area contributed by atoms with Gasteiger partial charge in [0.15, 0.2) is 5.75 Å². The van der Waals surface area contributed by atoms with E-state index in [0.717, 1.165) is 12.8 Å². The predicted octanol–water partition coefficient (Wildman–Crippen LogP) is 3.64. The normalized spacial score (nSPS) is 22.5. The molecular formula is C13H14Cl2O4. The molecule has 1 heterocycles. The van der Waals surface area contributed by atoms with Gasteiger partial charge in [-0.15, -0.1) is 0 Å². The summed E-state index contributed by atoms with van der Waals surface area (Å²) in [6.45, 7) is 2.28. The Morgan fingerprint density at radius 1 is 1.47 bits per heavy atom. The minimum absolute atomic E-state index is 0.0246. The van der Waals surface area contributed by atoms with Crippen molar-refractivity contribution in [3.05, 3.63) is 27.7 Å². The first-order valence-electron chi connectivity index (χ1n) is 5.98. The zero-order valence-corrected chi connectivity index (χ0v) is 11.9. The fraction of sp³-hybridized carbons (Fsp3) is 0.462. The Morgan fingerprint density at radius 2 is 2.21 bits per heavy atom. The van der Waals surface area contributed by atoms with E-state index in [-0.39, 0.29) is 40.2 Å². The summed E-state index contributed by atoms with van der Waals surface area (Å²) in [4.78, 5) is 11.1. The number of carboxylic acids is 1. The van der Waals surface area contributed by atoms with Gasteiger partial charge < -0.3 is 14.6 Å². The van der Waals surface area contributed by atoms with Crippen molar-refractivity contribution < 1.29 is 19.4 Å². The zero-order valence-electron chi connectivity index (χ0n) is 10.4. The van der Waals surface area contributed by atoms with Crippen LogP contribution in [0.2, 0.25) is 10.0 Å². The van der Waals surface area contributed by atoms with Crippen LogP contribution < -0.4 is 4.74 Å². The van der Waals surface area contributed by atoms with Crippen LogP contribution in [0, 0.1) is 0 Å². The smallest absolute Gasteiger partial charge is 0.339 e. The highest BCUT2D eigenvalue weighted by Crippen LogP contribution is 2.33. The van der Waals surface area contributed by atoms with Gasteiger partial charge in [0.1, 0.15) is 12.2 Å². The Morgan fingerprint density at radius 3 is 2.79 bits per heavy atom. The first-order valence-corrected chi connectivity index (χ1v) is 6.73. The molecule has 1 aliphatic rings. The minimum Gasteiger partial charge on any atom is -0.488 e. The van der Waals surface area contributed by atoms with E-state index >= 15 is 0 Å². The standard InChI is InChI=1S/C13H14Cl2O4/c1-7-2-3-9(19-7)6-18-12-10(13(16)17)4-8(14)5-11(12)15/h4-5,7,9H,2-3,6H2,1H3,(H,16,17). The molecule has 0 amide bonds. The van der Waals surface area contributed by atoms with Crippen molar-refractivity contribution in [3.8, 4) is 5.75 Å². The van der Waals surface area contributed by atoms with Crippen molar-refractivity contribution in [2.75, 3.05) is 6.61 Å². The number of halogens is 2. The number of benzene rings is 1. The predicted molar refractivity (Wildman–Crippen MR) is 72.5 cm³/mol. The van der Waals surface area contributed by atoms with Gasteiger partial charge in [-0.2, -0.15) is 0 Å². The second-order valence-corrected chi connectivity index (χ2v) is 5.37. The van der Waals surface area contributed by atoms with Crippen molar-refractivity contribution in [2.45, 2.75) is 32.0 Å². The molecule has 2 rings (SSSR count). The first kappa shape index (κ1) is 14.4. The lowest BCUT2D eigenvalue weighted by Crippen LogP contribution is -2.19. The molecule has 0 saturated carbocycles. The van der Waals surface area contributed by atoms with Crippen LogP contribution in [0.5, 0.6) is 5.75 Å². The molecule has 0 aliphatic carbocycles. The third-order valence-corrected chi connectivity index (χ3v) is 3.47. The number of rotatable bonds is 4. The summed E-state index contributed by atoms with van der Waals surface area (Å²) >= 11 is 11.8. The van der Waals surface area contributed by atoms with Crippen LogP contribution in [0.4, 0.5) is 0 Å². The molecule has 2 atom stereocenters. The summed E-state index contributed by atoms with van der Waals surface area (Å²) in [6.07, 6.45) is 2.07. The van der Waals surface area contributed by atoms with Crippen LogP contribution in [-0.2, 0) is 4.74 Å². The lowest BCUT2D eigenvalue weighted by Gasteiger charge is -2.15. The summed E-state index contributed by atoms with van der Waals surface area (Å²) in [5, 5.41) is 9.58. The van der Waals surface area contributed by atoms with Crippen molar-refractivity contribution >= 4 is 29.2 Å². The van der Waals surface area contributed by atoms with Crippen LogP contribution >= 0.6 is 23.2 Å². The lowest BCUT2D eigenvalue weighted by molar-refractivity contribution is 0.0259. The summed E-state index contributed by atoms with van der Waals surface area (Å²) in [7, 11) is 0. The Balaban J connectivity index is 2.13. The van der Waals surface area contributed by atoms with E-state index in [1.54, 1.807) is 0 Å². The third-order valence-electron chi connectivity index (χ3n) is 2.97. The molecule has 1 saturated heterocycles. The third kappa shape index (κ3) is 3.53. The molecule has 104 valence electrons. The highest BCUT2D eigenvalue weighted by Gasteiger charge is 2.24. The zero-order chi connectivity index (χ0) is 14.0. The molecule has 0 bridgehead atoms. The fourth-order valence-electron chi connectivity index (χ4n) is 2.05. The van der Waals surface area contributed by atoms with E-state index in [1.807, 2.05) is 6.92 Å². The van der Waals surface area contributed by atoms with E-state index < -0.39 is 5.97 Å². The monoisotopic (exact) mass is 304 g/mol. The molecule has 2 unspecified atom stereocenters. The quantitative estimate of drug-likeness (QED) is 0.922. The number of aromatic carboxylic acids is 1. The average Bonchev–Trinajstić information content (AvgIpc) is 2.73. The molecule has 1 fully saturated rings. The van der Waals surface area contributed by atoms with Gasteiger partial charge in [-0.05, 0) is 31.9 Å². The van der Waals surface area contributed by atoms with Crippen LogP contribution in [0.3, 0.4) is 0 Å². The molecule has 19 heavy (non-hydrogen) atoms. The molecular weight excluding hydrogens is 291 g/mol. The number of hydrogen-bond donors (Lipinski definition) is 1. The molecule has 0 spiro atoms. The van der Waals surface area contributed by atoms with E-state index in [0.29, 0.717) is 0 Å². The van der Waals surface area contributed by atoms with Gasteiger partial charge in [-0.3, -0.25) is 0 Å². The second-order valence-electron chi connectivity index (χ2n) is 4.53. The number of ether oxygens (including phenoxy) is 2. The molecule has 6 heteroatoms. The van der Waals surface area contributed by atoms with E-state index in [2.05, 4.69) is 0 Å². The van der Waals surface area contributed by atoms with Gasteiger partial charge in [0, 0.05) is 5.02 Å². The molecule has 1 N–H and O–H groups in total. The fourth-order valence-corrected chi connectivity index (χ4v) is 2.60. The first-order chi connectivity index (χ1) is 8.97. The summed E-state index contributed by atoms with van der Waals surface area (Å²) in [6, 6.07) is 2.78. The Bertz CT molecular complexity index is 490. The molecule has 1 aromatic rings. The average molecular weight is 305 g/mol. The largest absolute Gasteiger partial charge is 0.488 e. The summed E-state index contributed by atoms with van der Waals surface area (Å²) < 4.78 is 11.1. The SMILES string of the molecule is CC1CCC(COc2c(Cl)cc(Cl)cc2C(=O)O)O1. The molecule has 4 nitrogen and oxygen atoms in total. The van der Waals surface area contributed by atoms with Gasteiger partial charge in [0.2, 0.25) is 0 Å². The minimum atomic E-state index is -1.12. The Labute approximate surface area is 121 Å². The maximum atomic E-state index is 11.1. The molecule has 1 aromatic carbocycles. The van der Waals surface area contributed by atoms with Crippen LogP contribution in [0.1, 0.15) is 30.1 Å². The van der Waals surface area contributed by atoms with Gasteiger partial charge in [0.25, 0.3) is 0 Å². The van der Waals surface area contributed by atoms with E-state index in [1.165, 1.54) is 12.1 Å². The van der Waals surface area contributed by atoms with Gasteiger partial charge in [-0.1, -0.05) is 23.2 Å².